The lowest BCUT2D eigenvalue weighted by Gasteiger charge is -2.34. The Morgan fingerprint density at radius 1 is 1.21 bits per heavy atom. The number of rotatable bonds is 8. The molecule has 0 unspecified atom stereocenters. The van der Waals surface area contributed by atoms with Crippen LogP contribution in [0.2, 0.25) is 0 Å². The molecular formula is C21H28N4O2S2. The highest BCUT2D eigenvalue weighted by atomic mass is 32.2. The van der Waals surface area contributed by atoms with Gasteiger partial charge < -0.3 is 10.2 Å². The molecule has 156 valence electrons. The van der Waals surface area contributed by atoms with Crippen LogP contribution in [-0.2, 0) is 10.5 Å². The number of thioether (sulfide) groups is 1. The molecule has 0 saturated carbocycles. The number of carbonyl (C=O) groups excluding carboxylic acids is 2. The van der Waals surface area contributed by atoms with Gasteiger partial charge in [0, 0.05) is 48.8 Å². The van der Waals surface area contributed by atoms with Gasteiger partial charge in [0.15, 0.2) is 0 Å². The first-order chi connectivity index (χ1) is 14.1. The zero-order valence-electron chi connectivity index (χ0n) is 17.0. The molecule has 0 aliphatic carbocycles. The quantitative estimate of drug-likeness (QED) is 0.650. The minimum absolute atomic E-state index is 0.0608. The lowest BCUT2D eigenvalue weighted by atomic mass is 10.2. The molecule has 1 aliphatic rings. The second-order valence-corrected chi connectivity index (χ2v) is 9.14. The number of aromatic nitrogens is 1. The first-order valence-electron chi connectivity index (χ1n) is 9.98. The van der Waals surface area contributed by atoms with Crippen LogP contribution in [0.25, 0.3) is 0 Å². The van der Waals surface area contributed by atoms with Crippen molar-refractivity contribution in [3.63, 3.8) is 0 Å². The van der Waals surface area contributed by atoms with Crippen molar-refractivity contribution in [3.05, 3.63) is 45.9 Å². The maximum absolute atomic E-state index is 13.1. The maximum atomic E-state index is 13.1. The molecule has 2 aromatic rings. The Balaban J connectivity index is 1.55. The average molecular weight is 433 g/mol. The Bertz CT molecular complexity index is 832. The molecule has 1 aromatic heterocycles. The Hall–Kier alpha value is -1.90. The van der Waals surface area contributed by atoms with Gasteiger partial charge in [0.05, 0.1) is 22.8 Å². The van der Waals surface area contributed by atoms with Gasteiger partial charge in [0.1, 0.15) is 0 Å². The van der Waals surface area contributed by atoms with E-state index in [1.54, 1.807) is 23.1 Å². The van der Waals surface area contributed by atoms with Crippen LogP contribution >= 0.6 is 23.1 Å². The molecule has 2 heterocycles. The van der Waals surface area contributed by atoms with E-state index >= 15 is 0 Å². The smallest absolute Gasteiger partial charge is 0.255 e. The van der Waals surface area contributed by atoms with Crippen molar-refractivity contribution in [1.82, 2.24) is 20.1 Å². The van der Waals surface area contributed by atoms with Crippen molar-refractivity contribution in [1.29, 1.82) is 0 Å². The van der Waals surface area contributed by atoms with Gasteiger partial charge in [-0.25, -0.2) is 4.98 Å². The molecule has 6 nitrogen and oxygen atoms in total. The highest BCUT2D eigenvalue weighted by Crippen LogP contribution is 2.28. The normalized spacial score (nSPS) is 14.8. The first-order valence-corrected chi connectivity index (χ1v) is 11.8. The number of carbonyl (C=O) groups is 2. The lowest BCUT2D eigenvalue weighted by Crippen LogP contribution is -2.51. The number of benzene rings is 1. The topological polar surface area (TPSA) is 65.5 Å². The summed E-state index contributed by atoms with van der Waals surface area (Å²) in [6, 6.07) is 7.80. The van der Waals surface area contributed by atoms with Crippen molar-refractivity contribution in [2.45, 2.75) is 30.9 Å². The number of nitrogens with one attached hydrogen (secondary N) is 1. The van der Waals surface area contributed by atoms with E-state index in [4.69, 9.17) is 0 Å². The monoisotopic (exact) mass is 432 g/mol. The number of hydrogen-bond donors (Lipinski definition) is 1. The standard InChI is InChI=1S/C21H28N4O2S2/c1-3-8-22-20(26)13-24-9-11-25(12-10-24)21(27)18-6-4-5-7-19(18)29-15-17-14-28-16(2)23-17/h4-7,14H,3,8-13,15H2,1-2H3,(H,22,26). The predicted molar refractivity (Wildman–Crippen MR) is 118 cm³/mol. The second kappa shape index (κ2) is 10.8. The highest BCUT2D eigenvalue weighted by Gasteiger charge is 2.24. The Morgan fingerprint density at radius 2 is 1.97 bits per heavy atom. The van der Waals surface area contributed by atoms with Crippen LogP contribution < -0.4 is 5.32 Å². The van der Waals surface area contributed by atoms with Gasteiger partial charge in [0.25, 0.3) is 5.91 Å². The Labute approximate surface area is 180 Å². The fraction of sp³-hybridized carbons (Fsp3) is 0.476. The Kier molecular flexibility index (Phi) is 8.09. The van der Waals surface area contributed by atoms with E-state index in [1.807, 2.05) is 43.0 Å². The summed E-state index contributed by atoms with van der Waals surface area (Å²) in [4.78, 5) is 34.5. The number of piperazine rings is 1. The molecule has 1 aliphatic heterocycles. The minimum atomic E-state index is 0.0608. The van der Waals surface area contributed by atoms with E-state index in [0.717, 1.165) is 46.4 Å². The third-order valence-electron chi connectivity index (χ3n) is 4.76. The molecule has 0 atom stereocenters. The SMILES string of the molecule is CCCNC(=O)CN1CCN(C(=O)c2ccccc2SCc2csc(C)n2)CC1. The van der Waals surface area contributed by atoms with Gasteiger partial charge >= 0.3 is 0 Å². The van der Waals surface area contributed by atoms with E-state index < -0.39 is 0 Å². The van der Waals surface area contributed by atoms with E-state index in [-0.39, 0.29) is 11.8 Å². The van der Waals surface area contributed by atoms with Gasteiger partial charge in [-0.05, 0) is 25.5 Å². The molecular weight excluding hydrogens is 404 g/mol. The summed E-state index contributed by atoms with van der Waals surface area (Å²) in [6.45, 7) is 7.89. The van der Waals surface area contributed by atoms with Gasteiger partial charge in [0.2, 0.25) is 5.91 Å². The molecule has 8 heteroatoms. The molecule has 1 N–H and O–H groups in total. The summed E-state index contributed by atoms with van der Waals surface area (Å²) >= 11 is 3.30. The minimum Gasteiger partial charge on any atom is -0.355 e. The average Bonchev–Trinajstić information content (AvgIpc) is 3.16. The van der Waals surface area contributed by atoms with E-state index in [2.05, 4.69) is 20.6 Å². The Morgan fingerprint density at radius 3 is 2.66 bits per heavy atom. The molecule has 29 heavy (non-hydrogen) atoms. The van der Waals surface area contributed by atoms with Crippen LogP contribution in [0.15, 0.2) is 34.5 Å². The van der Waals surface area contributed by atoms with Crippen LogP contribution in [0.4, 0.5) is 0 Å². The van der Waals surface area contributed by atoms with Crippen molar-refractivity contribution >= 4 is 34.9 Å². The van der Waals surface area contributed by atoms with Gasteiger partial charge in [-0.2, -0.15) is 0 Å². The summed E-state index contributed by atoms with van der Waals surface area (Å²) in [5.74, 6) is 0.887. The van der Waals surface area contributed by atoms with E-state index in [0.29, 0.717) is 26.2 Å². The fourth-order valence-corrected chi connectivity index (χ4v) is 4.85. The van der Waals surface area contributed by atoms with Crippen molar-refractivity contribution in [2.24, 2.45) is 0 Å². The summed E-state index contributed by atoms with van der Waals surface area (Å²) in [5.41, 5.74) is 1.80. The number of nitrogens with zero attached hydrogens (tertiary/aromatic N) is 3. The number of hydrogen-bond acceptors (Lipinski definition) is 6. The third kappa shape index (κ3) is 6.29. The summed E-state index contributed by atoms with van der Waals surface area (Å²) < 4.78 is 0. The summed E-state index contributed by atoms with van der Waals surface area (Å²) in [5, 5.41) is 6.04. The summed E-state index contributed by atoms with van der Waals surface area (Å²) in [7, 11) is 0. The van der Waals surface area contributed by atoms with Gasteiger partial charge in [-0.15, -0.1) is 23.1 Å². The number of thiazole rings is 1. The van der Waals surface area contributed by atoms with Crippen LogP contribution in [-0.4, -0.2) is 65.9 Å². The lowest BCUT2D eigenvalue weighted by molar-refractivity contribution is -0.122. The van der Waals surface area contributed by atoms with E-state index in [1.165, 1.54) is 0 Å². The van der Waals surface area contributed by atoms with Crippen LogP contribution in [0.3, 0.4) is 0 Å². The van der Waals surface area contributed by atoms with Gasteiger partial charge in [-0.3, -0.25) is 14.5 Å². The largest absolute Gasteiger partial charge is 0.355 e. The van der Waals surface area contributed by atoms with Crippen LogP contribution in [0, 0.1) is 6.92 Å². The molecule has 0 bridgehead atoms. The highest BCUT2D eigenvalue weighted by molar-refractivity contribution is 7.98. The second-order valence-electron chi connectivity index (χ2n) is 7.06. The molecule has 3 rings (SSSR count). The van der Waals surface area contributed by atoms with Crippen molar-refractivity contribution < 1.29 is 9.59 Å². The maximum Gasteiger partial charge on any atom is 0.255 e. The molecule has 1 fully saturated rings. The summed E-state index contributed by atoms with van der Waals surface area (Å²) in [6.07, 6.45) is 0.938. The zero-order valence-corrected chi connectivity index (χ0v) is 18.7. The van der Waals surface area contributed by atoms with Gasteiger partial charge in [-0.1, -0.05) is 19.1 Å². The molecule has 0 spiro atoms. The molecule has 1 saturated heterocycles. The molecule has 2 amide bonds. The first kappa shape index (κ1) is 21.8. The van der Waals surface area contributed by atoms with Crippen molar-refractivity contribution in [2.75, 3.05) is 39.3 Å². The predicted octanol–water partition coefficient (Wildman–Crippen LogP) is 3.03. The molecule has 0 radical (unpaired) electrons. The third-order valence-corrected chi connectivity index (χ3v) is 6.69. The van der Waals surface area contributed by atoms with Crippen molar-refractivity contribution in [3.8, 4) is 0 Å². The van der Waals surface area contributed by atoms with Crippen LogP contribution in [0.5, 0.6) is 0 Å². The molecule has 1 aromatic carbocycles. The van der Waals surface area contributed by atoms with E-state index in [9.17, 15) is 9.59 Å². The number of amides is 2. The fourth-order valence-electron chi connectivity index (χ4n) is 3.20. The van der Waals surface area contributed by atoms with Crippen LogP contribution in [0.1, 0.15) is 34.4 Å². The zero-order chi connectivity index (χ0) is 20.6. The number of aryl methyl sites for hydroxylation is 1.